The maximum Gasteiger partial charge on any atom is 0.231 e. The summed E-state index contributed by atoms with van der Waals surface area (Å²) in [6, 6.07) is 10.5. The quantitative estimate of drug-likeness (QED) is 0.905. The van der Waals surface area contributed by atoms with E-state index < -0.39 is 0 Å². The van der Waals surface area contributed by atoms with Crippen LogP contribution >= 0.6 is 0 Å². The molecule has 1 unspecified atom stereocenters. The van der Waals surface area contributed by atoms with E-state index in [-0.39, 0.29) is 0 Å². The first-order chi connectivity index (χ1) is 9.81. The number of benzene rings is 1. The number of nitrogens with zero attached hydrogens (tertiary/aromatic N) is 1. The first-order valence-corrected chi connectivity index (χ1v) is 6.86. The van der Waals surface area contributed by atoms with Crippen LogP contribution in [-0.4, -0.2) is 17.8 Å². The summed E-state index contributed by atoms with van der Waals surface area (Å²) in [7, 11) is 0. The molecule has 0 radical (unpaired) electrons. The lowest BCUT2D eigenvalue weighted by Gasteiger charge is -2.14. The van der Waals surface area contributed by atoms with E-state index in [1.165, 1.54) is 5.56 Å². The Morgan fingerprint density at radius 2 is 2.15 bits per heavy atom. The van der Waals surface area contributed by atoms with Crippen molar-refractivity contribution in [3.63, 3.8) is 0 Å². The maximum atomic E-state index is 5.40. The van der Waals surface area contributed by atoms with Crippen LogP contribution in [0.5, 0.6) is 11.5 Å². The molecule has 3 rings (SSSR count). The van der Waals surface area contributed by atoms with Crippen LogP contribution in [0.3, 0.4) is 0 Å². The number of anilines is 1. The standard InChI is InChI=1S/C16H18N2O2/c1-12(18-14-3-2-8-17-10-14)4-5-13-6-7-15-16(9-13)20-11-19-15/h2-3,6-10,12,18H,4-5,11H2,1H3. The van der Waals surface area contributed by atoms with Gasteiger partial charge in [-0.25, -0.2) is 0 Å². The lowest BCUT2D eigenvalue weighted by atomic mass is 10.1. The predicted octanol–water partition coefficient (Wildman–Crippen LogP) is 3.24. The molecule has 104 valence electrons. The van der Waals surface area contributed by atoms with Crippen LogP contribution in [0.4, 0.5) is 5.69 Å². The third kappa shape index (κ3) is 3.02. The summed E-state index contributed by atoms with van der Waals surface area (Å²) in [6.07, 6.45) is 5.68. The molecule has 1 aliphatic heterocycles. The first kappa shape index (κ1) is 12.8. The zero-order valence-electron chi connectivity index (χ0n) is 11.5. The molecule has 1 N–H and O–H groups in total. The Labute approximate surface area is 118 Å². The summed E-state index contributed by atoms with van der Waals surface area (Å²) < 4.78 is 10.7. The van der Waals surface area contributed by atoms with Gasteiger partial charge in [-0.15, -0.1) is 0 Å². The minimum Gasteiger partial charge on any atom is -0.454 e. The molecule has 0 spiro atoms. The molecule has 0 saturated carbocycles. The highest BCUT2D eigenvalue weighted by atomic mass is 16.7. The number of ether oxygens (including phenoxy) is 2. The van der Waals surface area contributed by atoms with Crippen LogP contribution < -0.4 is 14.8 Å². The summed E-state index contributed by atoms with van der Waals surface area (Å²) in [6.45, 7) is 2.51. The van der Waals surface area contributed by atoms with Gasteiger partial charge in [-0.1, -0.05) is 6.07 Å². The second kappa shape index (κ2) is 5.82. The molecule has 1 aliphatic rings. The number of pyridine rings is 1. The van der Waals surface area contributed by atoms with Gasteiger partial charge in [0.1, 0.15) is 0 Å². The SMILES string of the molecule is CC(CCc1ccc2c(c1)OCO2)Nc1cccnc1. The molecule has 0 saturated heterocycles. The highest BCUT2D eigenvalue weighted by Crippen LogP contribution is 2.32. The summed E-state index contributed by atoms with van der Waals surface area (Å²) in [5.74, 6) is 1.70. The molecule has 0 fully saturated rings. The fourth-order valence-electron chi connectivity index (χ4n) is 2.28. The van der Waals surface area contributed by atoms with Crippen molar-refractivity contribution in [2.24, 2.45) is 0 Å². The second-order valence-electron chi connectivity index (χ2n) is 5.01. The van der Waals surface area contributed by atoms with Crippen molar-refractivity contribution in [2.45, 2.75) is 25.8 Å². The third-order valence-corrected chi connectivity index (χ3v) is 3.38. The van der Waals surface area contributed by atoms with Crippen LogP contribution in [0, 0.1) is 0 Å². The Bertz CT molecular complexity index is 572. The largest absolute Gasteiger partial charge is 0.454 e. The van der Waals surface area contributed by atoms with Gasteiger partial charge in [-0.05, 0) is 49.6 Å². The van der Waals surface area contributed by atoms with Gasteiger partial charge in [-0.3, -0.25) is 4.98 Å². The van der Waals surface area contributed by atoms with Gasteiger partial charge in [0.15, 0.2) is 11.5 Å². The van der Waals surface area contributed by atoms with Gasteiger partial charge in [0, 0.05) is 18.4 Å². The van der Waals surface area contributed by atoms with E-state index in [1.54, 1.807) is 6.20 Å². The third-order valence-electron chi connectivity index (χ3n) is 3.38. The molecular weight excluding hydrogens is 252 g/mol. The fraction of sp³-hybridized carbons (Fsp3) is 0.312. The van der Waals surface area contributed by atoms with Gasteiger partial charge >= 0.3 is 0 Å². The number of nitrogens with one attached hydrogen (secondary N) is 1. The van der Waals surface area contributed by atoms with Crippen molar-refractivity contribution in [1.82, 2.24) is 4.98 Å². The number of fused-ring (bicyclic) bond motifs is 1. The Hall–Kier alpha value is -2.23. The van der Waals surface area contributed by atoms with Crippen molar-refractivity contribution in [2.75, 3.05) is 12.1 Å². The molecule has 20 heavy (non-hydrogen) atoms. The zero-order chi connectivity index (χ0) is 13.8. The Morgan fingerprint density at radius 1 is 1.25 bits per heavy atom. The second-order valence-corrected chi connectivity index (χ2v) is 5.01. The van der Waals surface area contributed by atoms with E-state index in [9.17, 15) is 0 Å². The smallest absolute Gasteiger partial charge is 0.231 e. The highest BCUT2D eigenvalue weighted by molar-refractivity contribution is 5.44. The molecule has 1 aromatic carbocycles. The minimum atomic E-state index is 0.331. The molecule has 0 bridgehead atoms. The van der Waals surface area contributed by atoms with Crippen LogP contribution in [0.25, 0.3) is 0 Å². The monoisotopic (exact) mass is 270 g/mol. The molecule has 4 heteroatoms. The van der Waals surface area contributed by atoms with E-state index in [2.05, 4.69) is 29.4 Å². The highest BCUT2D eigenvalue weighted by Gasteiger charge is 2.13. The topological polar surface area (TPSA) is 43.4 Å². The maximum absolute atomic E-state index is 5.40. The lowest BCUT2D eigenvalue weighted by molar-refractivity contribution is 0.174. The van der Waals surface area contributed by atoms with E-state index in [1.807, 2.05) is 24.4 Å². The van der Waals surface area contributed by atoms with Crippen molar-refractivity contribution in [1.29, 1.82) is 0 Å². The molecule has 2 aromatic rings. The number of hydrogen-bond acceptors (Lipinski definition) is 4. The summed E-state index contributed by atoms with van der Waals surface area (Å²) in [4.78, 5) is 4.10. The van der Waals surface area contributed by atoms with Crippen LogP contribution in [0.1, 0.15) is 18.9 Å². The van der Waals surface area contributed by atoms with E-state index in [4.69, 9.17) is 9.47 Å². The predicted molar refractivity (Wildman–Crippen MR) is 78.2 cm³/mol. The lowest BCUT2D eigenvalue weighted by Crippen LogP contribution is -2.16. The molecular formula is C16H18N2O2. The fourth-order valence-corrected chi connectivity index (χ4v) is 2.28. The average Bonchev–Trinajstić information content (AvgIpc) is 2.93. The molecule has 2 heterocycles. The summed E-state index contributed by atoms with van der Waals surface area (Å²) in [5.41, 5.74) is 2.33. The summed E-state index contributed by atoms with van der Waals surface area (Å²) in [5, 5.41) is 3.45. The van der Waals surface area contributed by atoms with Gasteiger partial charge < -0.3 is 14.8 Å². The van der Waals surface area contributed by atoms with E-state index in [0.29, 0.717) is 12.8 Å². The number of rotatable bonds is 5. The Balaban J connectivity index is 1.54. The molecule has 1 atom stereocenters. The normalized spacial score (nSPS) is 14.1. The molecule has 1 aromatic heterocycles. The van der Waals surface area contributed by atoms with Crippen molar-refractivity contribution < 1.29 is 9.47 Å². The van der Waals surface area contributed by atoms with Gasteiger partial charge in [0.25, 0.3) is 0 Å². The summed E-state index contributed by atoms with van der Waals surface area (Å²) >= 11 is 0. The minimum absolute atomic E-state index is 0.331. The van der Waals surface area contributed by atoms with Crippen molar-refractivity contribution in [3.8, 4) is 11.5 Å². The van der Waals surface area contributed by atoms with Gasteiger partial charge in [0.05, 0.1) is 5.69 Å². The average molecular weight is 270 g/mol. The van der Waals surface area contributed by atoms with Gasteiger partial charge in [0.2, 0.25) is 6.79 Å². The van der Waals surface area contributed by atoms with Crippen molar-refractivity contribution in [3.05, 3.63) is 48.3 Å². The van der Waals surface area contributed by atoms with Crippen LogP contribution in [-0.2, 0) is 6.42 Å². The van der Waals surface area contributed by atoms with E-state index >= 15 is 0 Å². The molecule has 4 nitrogen and oxygen atoms in total. The zero-order valence-corrected chi connectivity index (χ0v) is 11.5. The molecule has 0 aliphatic carbocycles. The number of aryl methyl sites for hydroxylation is 1. The van der Waals surface area contributed by atoms with Crippen molar-refractivity contribution >= 4 is 5.69 Å². The van der Waals surface area contributed by atoms with E-state index in [0.717, 1.165) is 30.0 Å². The Kier molecular flexibility index (Phi) is 3.72. The van der Waals surface area contributed by atoms with Gasteiger partial charge in [-0.2, -0.15) is 0 Å². The van der Waals surface area contributed by atoms with Crippen LogP contribution in [0.2, 0.25) is 0 Å². The molecule has 0 amide bonds. The van der Waals surface area contributed by atoms with Crippen LogP contribution in [0.15, 0.2) is 42.7 Å². The number of hydrogen-bond donors (Lipinski definition) is 1. The first-order valence-electron chi connectivity index (χ1n) is 6.86. The number of aromatic nitrogens is 1. The Morgan fingerprint density at radius 3 is 3.00 bits per heavy atom.